The van der Waals surface area contributed by atoms with Crippen LogP contribution in [0.25, 0.3) is 0 Å². The van der Waals surface area contributed by atoms with E-state index in [1.807, 2.05) is 26.0 Å². The van der Waals surface area contributed by atoms with E-state index >= 15 is 0 Å². The van der Waals surface area contributed by atoms with E-state index in [-0.39, 0.29) is 11.2 Å². The molecular formula is C11H16O. The molecule has 1 heteroatoms. The summed E-state index contributed by atoms with van der Waals surface area (Å²) >= 11 is 0. The second kappa shape index (κ2) is 3.26. The summed E-state index contributed by atoms with van der Waals surface area (Å²) < 4.78 is 0. The van der Waals surface area contributed by atoms with Gasteiger partial charge in [0.15, 0.2) is 5.78 Å². The third-order valence-electron chi connectivity index (χ3n) is 2.80. The van der Waals surface area contributed by atoms with E-state index in [9.17, 15) is 4.79 Å². The molecule has 1 atom stereocenters. The number of rotatable bonds is 2. The second-order valence-electron chi connectivity index (χ2n) is 3.95. The molecule has 0 heterocycles. The zero-order valence-corrected chi connectivity index (χ0v) is 7.84. The second-order valence-corrected chi connectivity index (χ2v) is 3.95. The lowest BCUT2D eigenvalue weighted by Gasteiger charge is -2.33. The highest BCUT2D eigenvalue weighted by atomic mass is 16.1. The molecule has 1 rings (SSSR count). The maximum Gasteiger partial charge on any atom is 0.161 e. The van der Waals surface area contributed by atoms with Gasteiger partial charge in [-0.15, -0.1) is 6.58 Å². The summed E-state index contributed by atoms with van der Waals surface area (Å²) in [6.45, 7) is 7.75. The SMILES string of the molecule is C=CC[C@H]1CC=CC(=O)C1(C)C. The van der Waals surface area contributed by atoms with Gasteiger partial charge in [-0.25, -0.2) is 0 Å². The zero-order valence-electron chi connectivity index (χ0n) is 7.84. The lowest BCUT2D eigenvalue weighted by molar-refractivity contribution is -0.125. The Labute approximate surface area is 74.2 Å². The molecular weight excluding hydrogens is 148 g/mol. The smallest absolute Gasteiger partial charge is 0.161 e. The van der Waals surface area contributed by atoms with Gasteiger partial charge in [0.25, 0.3) is 0 Å². The number of ketones is 1. The normalized spacial score (nSPS) is 27.2. The average molecular weight is 164 g/mol. The van der Waals surface area contributed by atoms with Gasteiger partial charge in [-0.2, -0.15) is 0 Å². The number of allylic oxidation sites excluding steroid dienone is 3. The monoisotopic (exact) mass is 164 g/mol. The highest BCUT2D eigenvalue weighted by Crippen LogP contribution is 2.36. The van der Waals surface area contributed by atoms with Crippen LogP contribution in [0.5, 0.6) is 0 Å². The fraction of sp³-hybridized carbons (Fsp3) is 0.545. The standard InChI is InChI=1S/C11H16O/c1-4-6-9-7-5-8-10(12)11(9,2)3/h4-5,8-9H,1,6-7H2,2-3H3/t9-/m0/s1. The molecule has 0 aromatic carbocycles. The summed E-state index contributed by atoms with van der Waals surface area (Å²) in [5, 5.41) is 0. The molecule has 0 saturated heterocycles. The van der Waals surface area contributed by atoms with Crippen LogP contribution in [0.1, 0.15) is 26.7 Å². The number of hydrogen-bond donors (Lipinski definition) is 0. The van der Waals surface area contributed by atoms with E-state index in [0.717, 1.165) is 12.8 Å². The van der Waals surface area contributed by atoms with Gasteiger partial charge in [0.1, 0.15) is 0 Å². The van der Waals surface area contributed by atoms with Crippen molar-refractivity contribution in [2.24, 2.45) is 11.3 Å². The predicted octanol–water partition coefficient (Wildman–Crippen LogP) is 2.73. The van der Waals surface area contributed by atoms with Gasteiger partial charge in [0, 0.05) is 5.41 Å². The van der Waals surface area contributed by atoms with Crippen molar-refractivity contribution >= 4 is 5.78 Å². The van der Waals surface area contributed by atoms with Crippen LogP contribution in [-0.4, -0.2) is 5.78 Å². The van der Waals surface area contributed by atoms with E-state index in [0.29, 0.717) is 5.92 Å². The number of carbonyl (C=O) groups excluding carboxylic acids is 1. The highest BCUT2D eigenvalue weighted by molar-refractivity contribution is 5.95. The molecule has 0 amide bonds. The first kappa shape index (κ1) is 9.24. The van der Waals surface area contributed by atoms with E-state index in [4.69, 9.17) is 0 Å². The van der Waals surface area contributed by atoms with Crippen LogP contribution in [-0.2, 0) is 4.79 Å². The molecule has 12 heavy (non-hydrogen) atoms. The Morgan fingerprint density at radius 1 is 1.75 bits per heavy atom. The molecule has 0 spiro atoms. The molecule has 0 aromatic heterocycles. The first-order valence-electron chi connectivity index (χ1n) is 4.41. The van der Waals surface area contributed by atoms with Crippen LogP contribution in [0.2, 0.25) is 0 Å². The molecule has 0 fully saturated rings. The van der Waals surface area contributed by atoms with Gasteiger partial charge in [0.2, 0.25) is 0 Å². The quantitative estimate of drug-likeness (QED) is 0.573. The molecule has 0 radical (unpaired) electrons. The Bertz CT molecular complexity index is 223. The molecule has 66 valence electrons. The number of carbonyl (C=O) groups is 1. The van der Waals surface area contributed by atoms with Crippen LogP contribution < -0.4 is 0 Å². The Morgan fingerprint density at radius 3 is 3.00 bits per heavy atom. The van der Waals surface area contributed by atoms with E-state index < -0.39 is 0 Å². The van der Waals surface area contributed by atoms with E-state index in [1.165, 1.54) is 0 Å². The van der Waals surface area contributed by atoms with E-state index in [1.54, 1.807) is 6.08 Å². The van der Waals surface area contributed by atoms with Crippen LogP contribution in [0, 0.1) is 11.3 Å². The Balaban J connectivity index is 2.82. The summed E-state index contributed by atoms with van der Waals surface area (Å²) in [4.78, 5) is 11.5. The van der Waals surface area contributed by atoms with Crippen molar-refractivity contribution in [3.63, 3.8) is 0 Å². The van der Waals surface area contributed by atoms with E-state index in [2.05, 4.69) is 6.58 Å². The molecule has 1 aliphatic carbocycles. The fourth-order valence-electron chi connectivity index (χ4n) is 1.64. The van der Waals surface area contributed by atoms with Gasteiger partial charge >= 0.3 is 0 Å². The molecule has 0 aliphatic heterocycles. The fourth-order valence-corrected chi connectivity index (χ4v) is 1.64. The average Bonchev–Trinajstić information content (AvgIpc) is 2.00. The maximum absolute atomic E-state index is 11.5. The van der Waals surface area contributed by atoms with Crippen molar-refractivity contribution < 1.29 is 4.79 Å². The summed E-state index contributed by atoms with van der Waals surface area (Å²) in [6, 6.07) is 0. The topological polar surface area (TPSA) is 17.1 Å². The van der Waals surface area contributed by atoms with Gasteiger partial charge in [-0.3, -0.25) is 4.79 Å². The summed E-state index contributed by atoms with van der Waals surface area (Å²) in [5.41, 5.74) is -0.192. The highest BCUT2D eigenvalue weighted by Gasteiger charge is 2.35. The van der Waals surface area contributed by atoms with Gasteiger partial charge < -0.3 is 0 Å². The van der Waals surface area contributed by atoms with Crippen molar-refractivity contribution in [2.75, 3.05) is 0 Å². The molecule has 0 bridgehead atoms. The lowest BCUT2D eigenvalue weighted by atomic mass is 9.69. The minimum absolute atomic E-state index is 0.192. The van der Waals surface area contributed by atoms with Gasteiger partial charge in [-0.05, 0) is 24.8 Å². The molecule has 1 nitrogen and oxygen atoms in total. The van der Waals surface area contributed by atoms with Gasteiger partial charge in [0.05, 0.1) is 0 Å². The van der Waals surface area contributed by atoms with Crippen molar-refractivity contribution in [2.45, 2.75) is 26.7 Å². The molecule has 0 unspecified atom stereocenters. The van der Waals surface area contributed by atoms with Crippen LogP contribution >= 0.6 is 0 Å². The molecule has 0 saturated carbocycles. The van der Waals surface area contributed by atoms with Crippen LogP contribution in [0.15, 0.2) is 24.8 Å². The summed E-state index contributed by atoms with van der Waals surface area (Å²) in [7, 11) is 0. The largest absolute Gasteiger partial charge is 0.294 e. The zero-order chi connectivity index (χ0) is 9.19. The van der Waals surface area contributed by atoms with Crippen LogP contribution in [0.3, 0.4) is 0 Å². The van der Waals surface area contributed by atoms with Crippen molar-refractivity contribution in [3.05, 3.63) is 24.8 Å². The van der Waals surface area contributed by atoms with Crippen molar-refractivity contribution in [3.8, 4) is 0 Å². The summed E-state index contributed by atoms with van der Waals surface area (Å²) in [5.74, 6) is 0.688. The molecule has 0 N–H and O–H groups in total. The minimum atomic E-state index is -0.192. The Hall–Kier alpha value is -0.850. The van der Waals surface area contributed by atoms with Crippen LogP contribution in [0.4, 0.5) is 0 Å². The molecule has 0 aromatic rings. The predicted molar refractivity (Wildman–Crippen MR) is 50.8 cm³/mol. The third kappa shape index (κ3) is 1.50. The van der Waals surface area contributed by atoms with Gasteiger partial charge in [-0.1, -0.05) is 26.0 Å². The Morgan fingerprint density at radius 2 is 2.42 bits per heavy atom. The number of hydrogen-bond acceptors (Lipinski definition) is 1. The first-order chi connectivity index (χ1) is 5.59. The van der Waals surface area contributed by atoms with Crippen molar-refractivity contribution in [1.29, 1.82) is 0 Å². The van der Waals surface area contributed by atoms with Crippen molar-refractivity contribution in [1.82, 2.24) is 0 Å². The lowest BCUT2D eigenvalue weighted by Crippen LogP contribution is -2.33. The first-order valence-corrected chi connectivity index (χ1v) is 4.41. The Kier molecular flexibility index (Phi) is 2.51. The maximum atomic E-state index is 11.5. The summed E-state index contributed by atoms with van der Waals surface area (Å²) in [6.07, 6.45) is 7.52. The molecule has 1 aliphatic rings. The minimum Gasteiger partial charge on any atom is -0.294 e. The third-order valence-corrected chi connectivity index (χ3v) is 2.80.